The third kappa shape index (κ3) is 2.53. The van der Waals surface area contributed by atoms with Crippen molar-refractivity contribution in [2.24, 2.45) is 11.1 Å². The van der Waals surface area contributed by atoms with Gasteiger partial charge in [-0.2, -0.15) is 0 Å². The van der Waals surface area contributed by atoms with Gasteiger partial charge in [0.1, 0.15) is 0 Å². The summed E-state index contributed by atoms with van der Waals surface area (Å²) in [7, 11) is 0. The van der Waals surface area contributed by atoms with Crippen LogP contribution in [0.3, 0.4) is 0 Å². The van der Waals surface area contributed by atoms with Crippen LogP contribution in [0.4, 0.5) is 0 Å². The van der Waals surface area contributed by atoms with Crippen LogP contribution in [0.25, 0.3) is 0 Å². The second kappa shape index (κ2) is 5.48. The maximum absolute atomic E-state index is 12.3. The van der Waals surface area contributed by atoms with Gasteiger partial charge in [-0.25, -0.2) is 0 Å². The smallest absolute Gasteiger partial charge is 0.233 e. The highest BCUT2D eigenvalue weighted by molar-refractivity contribution is 7.80. The predicted octanol–water partition coefficient (Wildman–Crippen LogP) is 1.53. The molecule has 1 saturated carbocycles. The molecule has 0 radical (unpaired) electrons. The predicted molar refractivity (Wildman–Crippen MR) is 70.7 cm³/mol. The zero-order valence-corrected chi connectivity index (χ0v) is 11.0. The number of amides is 1. The SMILES string of the molecule is NC(=S)C1(C(=O)NCc2ccno2)CCCCC1. The molecule has 1 aliphatic rings. The van der Waals surface area contributed by atoms with Crippen molar-refractivity contribution >= 4 is 23.1 Å². The average Bonchev–Trinajstić information content (AvgIpc) is 2.89. The minimum absolute atomic E-state index is 0.0916. The number of hydrogen-bond donors (Lipinski definition) is 2. The minimum atomic E-state index is -0.673. The monoisotopic (exact) mass is 267 g/mol. The fourth-order valence-corrected chi connectivity index (χ4v) is 2.71. The Hall–Kier alpha value is -1.43. The summed E-state index contributed by atoms with van der Waals surface area (Å²) in [4.78, 5) is 12.6. The molecule has 1 aliphatic carbocycles. The van der Waals surface area contributed by atoms with Crippen LogP contribution in [-0.4, -0.2) is 16.1 Å². The lowest BCUT2D eigenvalue weighted by molar-refractivity contribution is -0.129. The van der Waals surface area contributed by atoms with Gasteiger partial charge >= 0.3 is 0 Å². The summed E-state index contributed by atoms with van der Waals surface area (Å²) in [6.07, 6.45) is 6.15. The Morgan fingerprint density at radius 2 is 2.22 bits per heavy atom. The fourth-order valence-electron chi connectivity index (χ4n) is 2.41. The van der Waals surface area contributed by atoms with Gasteiger partial charge in [0, 0.05) is 6.07 Å². The summed E-state index contributed by atoms with van der Waals surface area (Å²) in [5.74, 6) is 0.531. The summed E-state index contributed by atoms with van der Waals surface area (Å²) < 4.78 is 4.94. The van der Waals surface area contributed by atoms with Crippen molar-refractivity contribution in [2.45, 2.75) is 38.6 Å². The fraction of sp³-hybridized carbons (Fsp3) is 0.583. The summed E-state index contributed by atoms with van der Waals surface area (Å²) >= 11 is 5.10. The standard InChI is InChI=1S/C12H17N3O2S/c13-10(18)12(5-2-1-3-6-12)11(16)14-8-9-4-7-15-17-9/h4,7H,1-3,5-6,8H2,(H2,13,18)(H,14,16). The quantitative estimate of drug-likeness (QED) is 0.808. The first-order valence-electron chi connectivity index (χ1n) is 6.13. The van der Waals surface area contributed by atoms with E-state index in [-0.39, 0.29) is 5.91 Å². The van der Waals surface area contributed by atoms with E-state index in [1.807, 2.05) is 0 Å². The second-order valence-electron chi connectivity index (χ2n) is 4.67. The third-order valence-electron chi connectivity index (χ3n) is 3.53. The van der Waals surface area contributed by atoms with Gasteiger partial charge in [0.2, 0.25) is 5.91 Å². The molecule has 2 rings (SSSR count). The molecular weight excluding hydrogens is 250 g/mol. The number of carbonyl (C=O) groups is 1. The van der Waals surface area contributed by atoms with E-state index >= 15 is 0 Å². The lowest BCUT2D eigenvalue weighted by atomic mass is 9.73. The highest BCUT2D eigenvalue weighted by Crippen LogP contribution is 2.37. The van der Waals surface area contributed by atoms with Crippen molar-refractivity contribution in [2.75, 3.05) is 0 Å². The number of hydrogen-bond acceptors (Lipinski definition) is 4. The van der Waals surface area contributed by atoms with Crippen LogP contribution in [0.2, 0.25) is 0 Å². The van der Waals surface area contributed by atoms with E-state index in [0.29, 0.717) is 17.3 Å². The molecule has 6 heteroatoms. The first-order valence-corrected chi connectivity index (χ1v) is 6.54. The van der Waals surface area contributed by atoms with Gasteiger partial charge < -0.3 is 15.6 Å². The van der Waals surface area contributed by atoms with Crippen molar-refractivity contribution in [1.82, 2.24) is 10.5 Å². The Morgan fingerprint density at radius 1 is 1.50 bits per heavy atom. The largest absolute Gasteiger partial charge is 0.392 e. The van der Waals surface area contributed by atoms with Gasteiger partial charge in [-0.3, -0.25) is 4.79 Å². The van der Waals surface area contributed by atoms with Crippen LogP contribution >= 0.6 is 12.2 Å². The van der Waals surface area contributed by atoms with Crippen molar-refractivity contribution in [3.63, 3.8) is 0 Å². The van der Waals surface area contributed by atoms with Gasteiger partial charge in [0.15, 0.2) is 5.76 Å². The normalized spacial score (nSPS) is 18.2. The maximum atomic E-state index is 12.3. The minimum Gasteiger partial charge on any atom is -0.392 e. The molecule has 1 aromatic heterocycles. The molecule has 18 heavy (non-hydrogen) atoms. The molecule has 0 aromatic carbocycles. The van der Waals surface area contributed by atoms with Gasteiger partial charge in [0.05, 0.1) is 23.1 Å². The molecule has 5 nitrogen and oxygen atoms in total. The molecule has 0 unspecified atom stereocenters. The van der Waals surface area contributed by atoms with Crippen LogP contribution < -0.4 is 11.1 Å². The van der Waals surface area contributed by atoms with Crippen LogP contribution in [0.1, 0.15) is 37.9 Å². The first kappa shape index (κ1) is 13.0. The molecule has 1 heterocycles. The number of aromatic nitrogens is 1. The second-order valence-corrected chi connectivity index (χ2v) is 5.11. The summed E-state index contributed by atoms with van der Waals surface area (Å²) in [6, 6.07) is 1.72. The zero-order valence-electron chi connectivity index (χ0n) is 10.1. The molecule has 0 atom stereocenters. The topological polar surface area (TPSA) is 81.2 Å². The van der Waals surface area contributed by atoms with Crippen LogP contribution in [-0.2, 0) is 11.3 Å². The molecule has 1 amide bonds. The van der Waals surface area contributed by atoms with Gasteiger partial charge in [-0.15, -0.1) is 0 Å². The molecule has 0 saturated heterocycles. The molecule has 0 spiro atoms. The Kier molecular flexibility index (Phi) is 3.96. The van der Waals surface area contributed by atoms with E-state index in [1.165, 1.54) is 0 Å². The van der Waals surface area contributed by atoms with E-state index in [0.717, 1.165) is 32.1 Å². The molecule has 98 valence electrons. The lowest BCUT2D eigenvalue weighted by Crippen LogP contribution is -2.49. The van der Waals surface area contributed by atoms with Crippen molar-refractivity contribution in [1.29, 1.82) is 0 Å². The van der Waals surface area contributed by atoms with Gasteiger partial charge in [0.25, 0.3) is 0 Å². The number of carbonyl (C=O) groups excluding carboxylic acids is 1. The van der Waals surface area contributed by atoms with Crippen molar-refractivity contribution in [3.8, 4) is 0 Å². The average molecular weight is 267 g/mol. The zero-order chi connectivity index (χ0) is 13.0. The number of nitrogens with two attached hydrogens (primary N) is 1. The van der Waals surface area contributed by atoms with Crippen LogP contribution in [0, 0.1) is 5.41 Å². The Bertz CT molecular complexity index is 425. The third-order valence-corrected chi connectivity index (χ3v) is 3.92. The molecule has 1 fully saturated rings. The van der Waals surface area contributed by atoms with E-state index < -0.39 is 5.41 Å². The Labute approximate surface area is 111 Å². The highest BCUT2D eigenvalue weighted by atomic mass is 32.1. The molecule has 1 aromatic rings. The van der Waals surface area contributed by atoms with E-state index in [9.17, 15) is 4.79 Å². The summed E-state index contributed by atoms with van der Waals surface area (Å²) in [5, 5.41) is 6.43. The Morgan fingerprint density at radius 3 is 2.78 bits per heavy atom. The van der Waals surface area contributed by atoms with E-state index in [4.69, 9.17) is 22.5 Å². The Balaban J connectivity index is 2.02. The van der Waals surface area contributed by atoms with Gasteiger partial charge in [-0.05, 0) is 12.8 Å². The summed E-state index contributed by atoms with van der Waals surface area (Å²) in [5.41, 5.74) is 5.11. The molecule has 0 bridgehead atoms. The number of nitrogens with one attached hydrogen (secondary N) is 1. The molecule has 3 N–H and O–H groups in total. The highest BCUT2D eigenvalue weighted by Gasteiger charge is 2.42. The molecular formula is C12H17N3O2S. The van der Waals surface area contributed by atoms with Crippen LogP contribution in [0.15, 0.2) is 16.8 Å². The van der Waals surface area contributed by atoms with Crippen LogP contribution in [0.5, 0.6) is 0 Å². The van der Waals surface area contributed by atoms with E-state index in [1.54, 1.807) is 12.3 Å². The number of nitrogens with zero attached hydrogens (tertiary/aromatic N) is 1. The van der Waals surface area contributed by atoms with Crippen molar-refractivity contribution < 1.29 is 9.32 Å². The lowest BCUT2D eigenvalue weighted by Gasteiger charge is -2.34. The van der Waals surface area contributed by atoms with Gasteiger partial charge in [-0.1, -0.05) is 36.6 Å². The molecule has 0 aliphatic heterocycles. The summed E-state index contributed by atoms with van der Waals surface area (Å²) in [6.45, 7) is 0.323. The maximum Gasteiger partial charge on any atom is 0.233 e. The number of thiocarbonyl (C=S) groups is 1. The first-order chi connectivity index (χ1) is 8.65. The number of rotatable bonds is 4. The van der Waals surface area contributed by atoms with Crippen molar-refractivity contribution in [3.05, 3.63) is 18.0 Å². The van der Waals surface area contributed by atoms with E-state index in [2.05, 4.69) is 10.5 Å².